The van der Waals surface area contributed by atoms with Gasteiger partial charge in [0.25, 0.3) is 0 Å². The molecule has 118 valence electrons. The van der Waals surface area contributed by atoms with E-state index in [0.717, 1.165) is 13.8 Å². The molecule has 0 rings (SSSR count). The third kappa shape index (κ3) is 6.96. The van der Waals surface area contributed by atoms with E-state index in [0.29, 0.717) is 0 Å². The fourth-order valence-electron chi connectivity index (χ4n) is 1.21. The van der Waals surface area contributed by atoms with Crippen LogP contribution in [0.4, 0.5) is 0 Å². The Labute approximate surface area is 127 Å². The second-order valence-electron chi connectivity index (χ2n) is 3.68. The molecule has 0 aliphatic rings. The van der Waals surface area contributed by atoms with Crippen molar-refractivity contribution in [3.63, 3.8) is 0 Å². The fourth-order valence-corrected chi connectivity index (χ4v) is 1.21. The van der Waals surface area contributed by atoms with Crippen LogP contribution in [0.3, 0.4) is 0 Å². The minimum Gasteiger partial charge on any atom is -0.450 e. The van der Waals surface area contributed by atoms with Gasteiger partial charge in [0.15, 0.2) is 13.2 Å². The molecule has 0 N–H and O–H groups in total. The molecule has 0 saturated heterocycles. The number of esters is 4. The summed E-state index contributed by atoms with van der Waals surface area (Å²) in [5.74, 6) is -0.132. The maximum Gasteiger partial charge on any atom is 0.353 e. The van der Waals surface area contributed by atoms with Crippen LogP contribution >= 0.6 is 0 Å². The molecule has 0 fully saturated rings. The molecule has 8 nitrogen and oxygen atoms in total. The Morgan fingerprint density at radius 1 is 0.818 bits per heavy atom. The van der Waals surface area contributed by atoms with E-state index in [9.17, 15) is 19.2 Å². The number of carbonyl (C=O) groups excluding carboxylic acids is 4. The van der Waals surface area contributed by atoms with Gasteiger partial charge in [-0.3, -0.25) is 9.59 Å². The predicted octanol–water partition coefficient (Wildman–Crippen LogP) is -0.797. The first kappa shape index (κ1) is 19.0. The maximum atomic E-state index is 11.8. The first-order chi connectivity index (χ1) is 10.3. The van der Waals surface area contributed by atoms with Crippen molar-refractivity contribution in [2.75, 3.05) is 13.2 Å². The number of terminal acetylenes is 2. The monoisotopic (exact) mass is 310 g/mol. The lowest BCUT2D eigenvalue weighted by molar-refractivity contribution is -0.189. The highest BCUT2D eigenvalue weighted by atomic mass is 16.6. The van der Waals surface area contributed by atoms with E-state index < -0.39 is 49.3 Å². The molecular formula is C14H14O8. The highest BCUT2D eigenvalue weighted by Crippen LogP contribution is 2.11. The third-order valence-corrected chi connectivity index (χ3v) is 1.92. The summed E-state index contributed by atoms with van der Waals surface area (Å²) >= 11 is 0. The Balaban J connectivity index is 5.33. The van der Waals surface area contributed by atoms with Crippen molar-refractivity contribution in [3.8, 4) is 24.7 Å². The Morgan fingerprint density at radius 2 is 1.14 bits per heavy atom. The number of ether oxygens (including phenoxy) is 4. The molecule has 0 amide bonds. The molecule has 8 heteroatoms. The van der Waals surface area contributed by atoms with Crippen LogP contribution in [0.1, 0.15) is 13.8 Å². The fraction of sp³-hybridized carbons (Fsp3) is 0.429. The van der Waals surface area contributed by atoms with Gasteiger partial charge < -0.3 is 18.9 Å². The van der Waals surface area contributed by atoms with Crippen LogP contribution in [0.2, 0.25) is 0 Å². The molecule has 2 atom stereocenters. The van der Waals surface area contributed by atoms with Crippen molar-refractivity contribution in [1.29, 1.82) is 0 Å². The third-order valence-electron chi connectivity index (χ3n) is 1.92. The molecule has 0 aliphatic carbocycles. The summed E-state index contributed by atoms with van der Waals surface area (Å²) in [5, 5.41) is 0. The van der Waals surface area contributed by atoms with Gasteiger partial charge in [-0.1, -0.05) is 11.8 Å². The normalized spacial score (nSPS) is 11.8. The van der Waals surface area contributed by atoms with Crippen molar-refractivity contribution >= 4 is 23.9 Å². The molecule has 2 unspecified atom stereocenters. The summed E-state index contributed by atoms with van der Waals surface area (Å²) in [6, 6.07) is 0. The van der Waals surface area contributed by atoms with Gasteiger partial charge in [-0.15, -0.1) is 12.8 Å². The van der Waals surface area contributed by atoms with Crippen molar-refractivity contribution in [2.24, 2.45) is 0 Å². The van der Waals surface area contributed by atoms with Crippen LogP contribution in [0.25, 0.3) is 0 Å². The van der Waals surface area contributed by atoms with Crippen LogP contribution in [-0.2, 0) is 38.1 Å². The highest BCUT2D eigenvalue weighted by Gasteiger charge is 2.41. The van der Waals surface area contributed by atoms with Gasteiger partial charge in [0.05, 0.1) is 0 Å². The summed E-state index contributed by atoms with van der Waals surface area (Å²) < 4.78 is 18.5. The van der Waals surface area contributed by atoms with E-state index in [1.54, 1.807) is 0 Å². The molecule has 0 radical (unpaired) electrons. The number of carbonyl (C=O) groups is 4. The van der Waals surface area contributed by atoms with Crippen molar-refractivity contribution in [3.05, 3.63) is 0 Å². The van der Waals surface area contributed by atoms with Gasteiger partial charge in [0.1, 0.15) is 0 Å². The number of hydrogen-bond acceptors (Lipinski definition) is 8. The quantitative estimate of drug-likeness (QED) is 0.342. The number of rotatable bonds is 7. The lowest BCUT2D eigenvalue weighted by Gasteiger charge is -2.22. The zero-order valence-electron chi connectivity index (χ0n) is 12.0. The topological polar surface area (TPSA) is 105 Å². The minimum absolute atomic E-state index is 0.428. The first-order valence-corrected chi connectivity index (χ1v) is 5.88. The zero-order chi connectivity index (χ0) is 17.1. The standard InChI is InChI=1S/C14H14O8/c1-5-7-19-13(17)11(21-9(3)15)12(22-10(4)16)14(18)20-8-6-2/h1-2,11-12H,7-8H2,3-4H3. The van der Waals surface area contributed by atoms with E-state index >= 15 is 0 Å². The van der Waals surface area contributed by atoms with Gasteiger partial charge in [0.2, 0.25) is 12.2 Å². The maximum absolute atomic E-state index is 11.8. The van der Waals surface area contributed by atoms with Gasteiger partial charge >= 0.3 is 23.9 Å². The van der Waals surface area contributed by atoms with E-state index in [4.69, 9.17) is 12.8 Å². The van der Waals surface area contributed by atoms with Crippen LogP contribution in [0, 0.1) is 24.7 Å². The Kier molecular flexibility index (Phi) is 8.49. The van der Waals surface area contributed by atoms with Crippen LogP contribution in [0.15, 0.2) is 0 Å². The second kappa shape index (κ2) is 9.83. The highest BCUT2D eigenvalue weighted by molar-refractivity contribution is 5.89. The Morgan fingerprint density at radius 3 is 1.36 bits per heavy atom. The van der Waals surface area contributed by atoms with E-state index in [1.807, 2.05) is 11.8 Å². The molecule has 0 aromatic heterocycles. The molecule has 0 spiro atoms. The average Bonchev–Trinajstić information content (AvgIpc) is 2.45. The van der Waals surface area contributed by atoms with Gasteiger partial charge in [-0.25, -0.2) is 9.59 Å². The summed E-state index contributed by atoms with van der Waals surface area (Å²) in [5.41, 5.74) is 0. The molecule has 0 bridgehead atoms. The van der Waals surface area contributed by atoms with Crippen molar-refractivity contribution in [2.45, 2.75) is 26.1 Å². The van der Waals surface area contributed by atoms with Crippen molar-refractivity contribution < 1.29 is 38.1 Å². The van der Waals surface area contributed by atoms with E-state index in [-0.39, 0.29) is 0 Å². The largest absolute Gasteiger partial charge is 0.450 e. The molecule has 0 heterocycles. The summed E-state index contributed by atoms with van der Waals surface area (Å²) in [6.45, 7) is 1.11. The summed E-state index contributed by atoms with van der Waals surface area (Å²) in [4.78, 5) is 45.7. The average molecular weight is 310 g/mol. The van der Waals surface area contributed by atoms with Crippen LogP contribution in [0.5, 0.6) is 0 Å². The van der Waals surface area contributed by atoms with Crippen LogP contribution < -0.4 is 0 Å². The SMILES string of the molecule is C#CCOC(=O)C(OC(C)=O)C(OC(C)=O)C(=O)OCC#C. The lowest BCUT2D eigenvalue weighted by Crippen LogP contribution is -2.47. The lowest BCUT2D eigenvalue weighted by atomic mass is 10.2. The summed E-state index contributed by atoms with van der Waals surface area (Å²) in [7, 11) is 0. The van der Waals surface area contributed by atoms with Crippen molar-refractivity contribution in [1.82, 2.24) is 0 Å². The van der Waals surface area contributed by atoms with E-state index in [2.05, 4.69) is 18.9 Å². The minimum atomic E-state index is -1.86. The molecule has 0 aromatic carbocycles. The molecule has 0 aliphatic heterocycles. The van der Waals surface area contributed by atoms with Gasteiger partial charge in [-0.2, -0.15) is 0 Å². The Bertz CT molecular complexity index is 474. The predicted molar refractivity (Wildman–Crippen MR) is 70.7 cm³/mol. The second-order valence-corrected chi connectivity index (χ2v) is 3.68. The van der Waals surface area contributed by atoms with Crippen LogP contribution in [-0.4, -0.2) is 49.3 Å². The van der Waals surface area contributed by atoms with E-state index in [1.165, 1.54) is 0 Å². The molecular weight excluding hydrogens is 296 g/mol. The number of hydrogen-bond donors (Lipinski definition) is 0. The summed E-state index contributed by atoms with van der Waals surface area (Å²) in [6.07, 6.45) is 6.13. The zero-order valence-corrected chi connectivity index (χ0v) is 12.0. The smallest absolute Gasteiger partial charge is 0.353 e. The molecule has 0 aromatic rings. The molecule has 22 heavy (non-hydrogen) atoms. The van der Waals surface area contributed by atoms with Gasteiger partial charge in [-0.05, 0) is 0 Å². The molecule has 0 saturated carbocycles. The Hall–Kier alpha value is -3.00. The van der Waals surface area contributed by atoms with Gasteiger partial charge in [0, 0.05) is 13.8 Å². The first-order valence-electron chi connectivity index (χ1n) is 5.88.